The zero-order valence-electron chi connectivity index (χ0n) is 17.1. The predicted octanol–water partition coefficient (Wildman–Crippen LogP) is 3.54. The van der Waals surface area contributed by atoms with Crippen molar-refractivity contribution in [2.24, 2.45) is 5.92 Å². The van der Waals surface area contributed by atoms with Crippen LogP contribution in [0, 0.1) is 5.92 Å². The van der Waals surface area contributed by atoms with Crippen molar-refractivity contribution in [1.82, 2.24) is 14.9 Å². The molecular weight excluding hydrogens is 424 g/mol. The summed E-state index contributed by atoms with van der Waals surface area (Å²) in [6.45, 7) is -0.367. The number of benzene rings is 1. The van der Waals surface area contributed by atoms with E-state index >= 15 is 0 Å². The number of hydrogen-bond acceptors (Lipinski definition) is 5. The number of halogens is 2. The van der Waals surface area contributed by atoms with Crippen molar-refractivity contribution >= 4 is 27.5 Å². The molecule has 0 fully saturated rings. The lowest BCUT2D eigenvalue weighted by Crippen LogP contribution is -2.33. The molecule has 1 amide bonds. The van der Waals surface area contributed by atoms with Gasteiger partial charge in [-0.1, -0.05) is 19.1 Å². The van der Waals surface area contributed by atoms with Gasteiger partial charge in [-0.2, -0.15) is 8.78 Å². The fourth-order valence-electron chi connectivity index (χ4n) is 3.87. The molecule has 4 rings (SSSR count). The number of carbonyl (C=O) groups excluding carboxylic acids is 1. The van der Waals surface area contributed by atoms with Crippen molar-refractivity contribution in [3.05, 3.63) is 57.0 Å². The molecule has 31 heavy (non-hydrogen) atoms. The maximum absolute atomic E-state index is 13.0. The van der Waals surface area contributed by atoms with Crippen molar-refractivity contribution < 1.29 is 18.3 Å². The smallest absolute Gasteiger partial charge is 0.387 e. The standard InChI is InChI=1S/C22H23F2N3O3S/c1-13-2-7-16-17(10-13)31-20-19(16)21(29)27(12-26-20)11-18(28)25-9-8-14-3-5-15(6-4-14)30-22(23)24/h3-6,12-13,22H,2,7-11H2,1H3,(H,25,28). The highest BCUT2D eigenvalue weighted by molar-refractivity contribution is 7.18. The number of hydrogen-bond donors (Lipinski definition) is 1. The van der Waals surface area contributed by atoms with Crippen LogP contribution in [-0.4, -0.2) is 28.6 Å². The monoisotopic (exact) mass is 447 g/mol. The van der Waals surface area contributed by atoms with Crippen molar-refractivity contribution in [2.75, 3.05) is 6.54 Å². The number of rotatable bonds is 7. The van der Waals surface area contributed by atoms with Gasteiger partial charge in [0.1, 0.15) is 17.1 Å². The molecule has 0 spiro atoms. The largest absolute Gasteiger partial charge is 0.435 e. The van der Waals surface area contributed by atoms with Crippen molar-refractivity contribution in [3.63, 3.8) is 0 Å². The number of nitrogens with one attached hydrogen (secondary N) is 1. The van der Waals surface area contributed by atoms with Crippen LogP contribution in [0.2, 0.25) is 0 Å². The number of fused-ring (bicyclic) bond motifs is 3. The lowest BCUT2D eigenvalue weighted by Gasteiger charge is -2.17. The number of aryl methyl sites for hydroxylation is 1. The van der Waals surface area contributed by atoms with Crippen LogP contribution in [0.1, 0.15) is 29.3 Å². The molecule has 2 aromatic heterocycles. The Morgan fingerprint density at radius 1 is 1.35 bits per heavy atom. The molecule has 2 heterocycles. The second-order valence-electron chi connectivity index (χ2n) is 7.83. The number of carbonyl (C=O) groups is 1. The SMILES string of the molecule is CC1CCc2c(sc3ncn(CC(=O)NCCc4ccc(OC(F)F)cc4)c(=O)c23)C1. The third-order valence-electron chi connectivity index (χ3n) is 5.48. The summed E-state index contributed by atoms with van der Waals surface area (Å²) in [5.41, 5.74) is 1.81. The van der Waals surface area contributed by atoms with E-state index in [0.717, 1.165) is 35.2 Å². The highest BCUT2D eigenvalue weighted by atomic mass is 32.1. The lowest BCUT2D eigenvalue weighted by atomic mass is 9.89. The van der Waals surface area contributed by atoms with E-state index < -0.39 is 6.61 Å². The molecule has 3 aromatic rings. The molecule has 164 valence electrons. The summed E-state index contributed by atoms with van der Waals surface area (Å²) >= 11 is 1.59. The van der Waals surface area contributed by atoms with Crippen molar-refractivity contribution in [2.45, 2.75) is 45.8 Å². The van der Waals surface area contributed by atoms with E-state index in [2.05, 4.69) is 22.0 Å². The van der Waals surface area contributed by atoms with E-state index in [-0.39, 0.29) is 23.8 Å². The van der Waals surface area contributed by atoms with E-state index in [1.54, 1.807) is 23.5 Å². The molecule has 0 radical (unpaired) electrons. The van der Waals surface area contributed by atoms with Crippen LogP contribution in [-0.2, 0) is 30.6 Å². The second-order valence-corrected chi connectivity index (χ2v) is 8.92. The zero-order valence-corrected chi connectivity index (χ0v) is 17.9. The summed E-state index contributed by atoms with van der Waals surface area (Å²) < 4.78 is 30.1. The van der Waals surface area contributed by atoms with Crippen LogP contribution in [0.25, 0.3) is 10.2 Å². The Morgan fingerprint density at radius 2 is 2.13 bits per heavy atom. The number of amides is 1. The Bertz CT molecular complexity index is 1140. The minimum Gasteiger partial charge on any atom is -0.435 e. The van der Waals surface area contributed by atoms with Crippen LogP contribution >= 0.6 is 11.3 Å². The molecule has 0 saturated heterocycles. The Morgan fingerprint density at radius 3 is 2.87 bits per heavy atom. The van der Waals surface area contributed by atoms with Gasteiger partial charge in [0.2, 0.25) is 5.91 Å². The van der Waals surface area contributed by atoms with Crippen LogP contribution in [0.15, 0.2) is 35.4 Å². The summed E-state index contributed by atoms with van der Waals surface area (Å²) in [6.07, 6.45) is 4.89. The van der Waals surface area contributed by atoms with Gasteiger partial charge in [-0.15, -0.1) is 11.3 Å². The Labute approximate surface area is 181 Å². The van der Waals surface area contributed by atoms with Gasteiger partial charge in [0, 0.05) is 11.4 Å². The summed E-state index contributed by atoms with van der Waals surface area (Å²) in [4.78, 5) is 31.7. The zero-order chi connectivity index (χ0) is 22.0. The first-order chi connectivity index (χ1) is 14.9. The van der Waals surface area contributed by atoms with Gasteiger partial charge in [0.05, 0.1) is 11.7 Å². The molecular formula is C22H23F2N3O3S. The minimum atomic E-state index is -2.86. The Kier molecular flexibility index (Phi) is 6.31. The van der Waals surface area contributed by atoms with Crippen LogP contribution in [0.3, 0.4) is 0 Å². The fraction of sp³-hybridized carbons (Fsp3) is 0.409. The van der Waals surface area contributed by atoms with E-state index in [1.807, 2.05) is 0 Å². The molecule has 0 bridgehead atoms. The van der Waals surface area contributed by atoms with Crippen LogP contribution in [0.5, 0.6) is 5.75 Å². The third-order valence-corrected chi connectivity index (χ3v) is 6.64. The average molecular weight is 448 g/mol. The molecule has 1 N–H and O–H groups in total. The molecule has 1 aliphatic carbocycles. The summed E-state index contributed by atoms with van der Waals surface area (Å²) in [6, 6.07) is 6.28. The normalized spacial score (nSPS) is 15.8. The average Bonchev–Trinajstić information content (AvgIpc) is 3.09. The molecule has 1 aromatic carbocycles. The summed E-state index contributed by atoms with van der Waals surface area (Å²) in [7, 11) is 0. The first-order valence-electron chi connectivity index (χ1n) is 10.2. The topological polar surface area (TPSA) is 73.2 Å². The number of alkyl halides is 2. The van der Waals surface area contributed by atoms with E-state index in [9.17, 15) is 18.4 Å². The molecule has 1 unspecified atom stereocenters. The maximum Gasteiger partial charge on any atom is 0.387 e. The first kappa shape index (κ1) is 21.4. The predicted molar refractivity (Wildman–Crippen MR) is 115 cm³/mol. The molecule has 0 aliphatic heterocycles. The molecule has 0 saturated carbocycles. The van der Waals surface area contributed by atoms with E-state index in [0.29, 0.717) is 24.3 Å². The van der Waals surface area contributed by atoms with Gasteiger partial charge in [-0.25, -0.2) is 4.98 Å². The van der Waals surface area contributed by atoms with Gasteiger partial charge in [-0.05, 0) is 54.9 Å². The summed E-state index contributed by atoms with van der Waals surface area (Å²) in [5, 5.41) is 3.45. The highest BCUT2D eigenvalue weighted by Gasteiger charge is 2.23. The van der Waals surface area contributed by atoms with Gasteiger partial charge >= 0.3 is 6.61 Å². The number of ether oxygens (including phenoxy) is 1. The van der Waals surface area contributed by atoms with Crippen LogP contribution in [0.4, 0.5) is 8.78 Å². The second kappa shape index (κ2) is 9.13. The third kappa shape index (κ3) is 4.92. The van der Waals surface area contributed by atoms with E-state index in [1.165, 1.54) is 27.9 Å². The van der Waals surface area contributed by atoms with E-state index in [4.69, 9.17) is 0 Å². The van der Waals surface area contributed by atoms with Crippen LogP contribution < -0.4 is 15.6 Å². The number of nitrogens with zero attached hydrogens (tertiary/aromatic N) is 2. The van der Waals surface area contributed by atoms with Gasteiger partial charge in [-0.3, -0.25) is 14.2 Å². The van der Waals surface area contributed by atoms with Crippen molar-refractivity contribution in [1.29, 1.82) is 0 Å². The van der Waals surface area contributed by atoms with Crippen molar-refractivity contribution in [3.8, 4) is 5.75 Å². The van der Waals surface area contributed by atoms with Gasteiger partial charge < -0.3 is 10.1 Å². The van der Waals surface area contributed by atoms with Gasteiger partial charge in [0.25, 0.3) is 5.56 Å². The first-order valence-corrected chi connectivity index (χ1v) is 11.0. The molecule has 1 atom stereocenters. The highest BCUT2D eigenvalue weighted by Crippen LogP contribution is 2.35. The quantitative estimate of drug-likeness (QED) is 0.601. The number of aromatic nitrogens is 2. The Hall–Kier alpha value is -2.81. The minimum absolute atomic E-state index is 0.0927. The van der Waals surface area contributed by atoms with Gasteiger partial charge in [0.15, 0.2) is 0 Å². The Balaban J connectivity index is 1.36. The summed E-state index contributed by atoms with van der Waals surface area (Å²) in [5.74, 6) is 0.426. The lowest BCUT2D eigenvalue weighted by molar-refractivity contribution is -0.121. The maximum atomic E-state index is 13.0. The molecule has 1 aliphatic rings. The molecule has 9 heteroatoms. The molecule has 6 nitrogen and oxygen atoms in total. The number of thiophene rings is 1. The fourth-order valence-corrected chi connectivity index (χ4v) is 5.21.